The van der Waals surface area contributed by atoms with Crippen molar-refractivity contribution in [3.63, 3.8) is 0 Å². The lowest BCUT2D eigenvalue weighted by Gasteiger charge is -2.34. The minimum atomic E-state index is -0.156. The Bertz CT molecular complexity index is 1160. The highest BCUT2D eigenvalue weighted by molar-refractivity contribution is 6.07. The van der Waals surface area contributed by atoms with E-state index in [1.165, 1.54) is 18.4 Å². The van der Waals surface area contributed by atoms with Crippen molar-refractivity contribution in [3.8, 4) is 0 Å². The molecule has 0 N–H and O–H groups in total. The van der Waals surface area contributed by atoms with Crippen LogP contribution in [-0.2, 0) is 0 Å². The number of amides is 1. The van der Waals surface area contributed by atoms with Gasteiger partial charge in [-0.3, -0.25) is 4.79 Å². The van der Waals surface area contributed by atoms with Crippen LogP contribution in [0.15, 0.2) is 66.7 Å². The fourth-order valence-electron chi connectivity index (χ4n) is 6.41. The van der Waals surface area contributed by atoms with E-state index in [4.69, 9.17) is 0 Å². The first-order valence-electron chi connectivity index (χ1n) is 12.9. The number of halogens is 1. The fraction of sp³-hybridized carbons (Fsp3) is 0.433. The van der Waals surface area contributed by atoms with E-state index in [1.807, 2.05) is 36.4 Å². The van der Waals surface area contributed by atoms with Gasteiger partial charge in [0.1, 0.15) is 5.82 Å². The molecule has 2 heterocycles. The average Bonchev–Trinajstić information content (AvgIpc) is 3.64. The molecule has 1 aliphatic carbocycles. The number of carbonyl (C=O) groups is 1. The number of hydrogen-bond acceptors (Lipinski definition) is 2. The second-order valence-electron chi connectivity index (χ2n) is 10.6. The van der Waals surface area contributed by atoms with Gasteiger partial charge in [-0.15, -0.1) is 0 Å². The number of likely N-dealkylation sites (tertiary alicyclic amines) is 2. The summed E-state index contributed by atoms with van der Waals surface area (Å²) in [5.74, 6) is 2.56. The SMILES string of the molecule is O=C(c1cccc2ccccc12)N1C[C@@H](CN2CCC(c3ccc(F)cc3)CC2)[C@H](C2CC2)C1. The molecule has 0 spiro atoms. The normalized spacial score (nSPS) is 24.1. The Morgan fingerprint density at radius 2 is 1.59 bits per heavy atom. The lowest BCUT2D eigenvalue weighted by atomic mass is 9.87. The molecule has 34 heavy (non-hydrogen) atoms. The van der Waals surface area contributed by atoms with Crippen LogP contribution in [-0.4, -0.2) is 48.4 Å². The van der Waals surface area contributed by atoms with E-state index in [1.54, 1.807) is 12.1 Å². The van der Waals surface area contributed by atoms with Gasteiger partial charge in [0, 0.05) is 25.2 Å². The van der Waals surface area contributed by atoms with Crippen molar-refractivity contribution in [2.45, 2.75) is 31.6 Å². The van der Waals surface area contributed by atoms with Crippen LogP contribution in [0, 0.1) is 23.6 Å². The molecule has 3 fully saturated rings. The average molecular weight is 457 g/mol. The third-order valence-electron chi connectivity index (χ3n) is 8.45. The molecule has 3 nitrogen and oxygen atoms in total. The number of piperidine rings is 1. The van der Waals surface area contributed by atoms with Crippen LogP contribution < -0.4 is 0 Å². The van der Waals surface area contributed by atoms with Crippen molar-refractivity contribution in [1.82, 2.24) is 9.80 Å². The number of benzene rings is 3. The van der Waals surface area contributed by atoms with Crippen LogP contribution in [0.2, 0.25) is 0 Å². The van der Waals surface area contributed by atoms with Crippen LogP contribution >= 0.6 is 0 Å². The minimum absolute atomic E-state index is 0.156. The maximum Gasteiger partial charge on any atom is 0.254 e. The highest BCUT2D eigenvalue weighted by Crippen LogP contribution is 2.45. The summed E-state index contributed by atoms with van der Waals surface area (Å²) in [7, 11) is 0. The molecule has 6 rings (SSSR count). The summed E-state index contributed by atoms with van der Waals surface area (Å²) in [6.07, 6.45) is 4.91. The van der Waals surface area contributed by atoms with Crippen LogP contribution in [0.25, 0.3) is 10.8 Å². The molecule has 1 saturated carbocycles. The Balaban J connectivity index is 1.12. The molecular weight excluding hydrogens is 423 g/mol. The smallest absolute Gasteiger partial charge is 0.254 e. The molecule has 2 atom stereocenters. The number of fused-ring (bicyclic) bond motifs is 1. The van der Waals surface area contributed by atoms with Gasteiger partial charge in [-0.1, -0.05) is 48.5 Å². The molecule has 3 aliphatic rings. The zero-order valence-electron chi connectivity index (χ0n) is 19.7. The minimum Gasteiger partial charge on any atom is -0.338 e. The van der Waals surface area contributed by atoms with Crippen molar-refractivity contribution in [2.75, 3.05) is 32.7 Å². The quantitative estimate of drug-likeness (QED) is 0.473. The molecule has 1 amide bonds. The lowest BCUT2D eigenvalue weighted by molar-refractivity contribution is 0.0781. The third kappa shape index (κ3) is 4.36. The Morgan fingerprint density at radius 3 is 2.35 bits per heavy atom. The molecule has 3 aromatic carbocycles. The lowest BCUT2D eigenvalue weighted by Crippen LogP contribution is -2.39. The fourth-order valence-corrected chi connectivity index (χ4v) is 6.41. The zero-order valence-corrected chi connectivity index (χ0v) is 19.7. The van der Waals surface area contributed by atoms with Crippen LogP contribution in [0.3, 0.4) is 0 Å². The first-order valence-corrected chi connectivity index (χ1v) is 12.9. The van der Waals surface area contributed by atoms with Gasteiger partial charge in [0.25, 0.3) is 5.91 Å². The van der Waals surface area contributed by atoms with Gasteiger partial charge in [0.2, 0.25) is 0 Å². The summed E-state index contributed by atoms with van der Waals surface area (Å²) in [6, 6.07) is 21.4. The largest absolute Gasteiger partial charge is 0.338 e. The van der Waals surface area contributed by atoms with Crippen molar-refractivity contribution in [2.24, 2.45) is 17.8 Å². The summed E-state index contributed by atoms with van der Waals surface area (Å²) in [5.41, 5.74) is 2.11. The number of nitrogens with zero attached hydrogens (tertiary/aromatic N) is 2. The standard InChI is InChI=1S/C30H33FN2O/c31-26-12-10-21(11-13-26)22-14-16-32(17-15-22)18-25-19-33(20-29(25)24-8-9-24)30(34)28-7-3-5-23-4-1-2-6-27(23)28/h1-7,10-13,22,24-25,29H,8-9,14-20H2/t25-,29+/m1/s1. The molecule has 2 saturated heterocycles. The van der Waals surface area contributed by atoms with Gasteiger partial charge >= 0.3 is 0 Å². The van der Waals surface area contributed by atoms with Crippen LogP contribution in [0.1, 0.15) is 47.5 Å². The third-order valence-corrected chi connectivity index (χ3v) is 8.45. The van der Waals surface area contributed by atoms with Crippen LogP contribution in [0.4, 0.5) is 4.39 Å². The summed E-state index contributed by atoms with van der Waals surface area (Å²) in [6.45, 7) is 5.06. The molecule has 2 aliphatic heterocycles. The molecule has 0 bridgehead atoms. The van der Waals surface area contributed by atoms with Crippen molar-refractivity contribution >= 4 is 16.7 Å². The van der Waals surface area contributed by atoms with E-state index < -0.39 is 0 Å². The van der Waals surface area contributed by atoms with Gasteiger partial charge in [0.05, 0.1) is 0 Å². The van der Waals surface area contributed by atoms with E-state index >= 15 is 0 Å². The van der Waals surface area contributed by atoms with E-state index in [9.17, 15) is 9.18 Å². The van der Waals surface area contributed by atoms with Crippen molar-refractivity contribution < 1.29 is 9.18 Å². The number of rotatable bonds is 5. The maximum absolute atomic E-state index is 13.6. The van der Waals surface area contributed by atoms with Gasteiger partial charge in [-0.25, -0.2) is 4.39 Å². The van der Waals surface area contributed by atoms with E-state index in [0.29, 0.717) is 17.8 Å². The second kappa shape index (κ2) is 9.14. The Labute approximate surface area is 201 Å². The zero-order chi connectivity index (χ0) is 23.1. The number of hydrogen-bond donors (Lipinski definition) is 0. The summed E-state index contributed by atoms with van der Waals surface area (Å²) in [4.78, 5) is 18.4. The molecular formula is C30H33FN2O. The molecule has 0 unspecified atom stereocenters. The number of carbonyl (C=O) groups excluding carboxylic acids is 1. The van der Waals surface area contributed by atoms with Gasteiger partial charge in [-0.05, 0) is 97.0 Å². The van der Waals surface area contributed by atoms with Crippen molar-refractivity contribution in [1.29, 1.82) is 0 Å². The van der Waals surface area contributed by atoms with E-state index in [-0.39, 0.29) is 11.7 Å². The molecule has 176 valence electrons. The molecule has 0 radical (unpaired) electrons. The molecule has 0 aromatic heterocycles. The van der Waals surface area contributed by atoms with Gasteiger partial charge in [0.15, 0.2) is 0 Å². The molecule has 3 aromatic rings. The predicted molar refractivity (Wildman–Crippen MR) is 134 cm³/mol. The van der Waals surface area contributed by atoms with E-state index in [0.717, 1.165) is 67.8 Å². The first kappa shape index (κ1) is 21.8. The monoisotopic (exact) mass is 456 g/mol. The Hall–Kier alpha value is -2.72. The molecule has 4 heteroatoms. The van der Waals surface area contributed by atoms with Crippen molar-refractivity contribution in [3.05, 3.63) is 83.7 Å². The highest BCUT2D eigenvalue weighted by Gasteiger charge is 2.44. The topological polar surface area (TPSA) is 23.6 Å². The van der Waals surface area contributed by atoms with Gasteiger partial charge in [-0.2, -0.15) is 0 Å². The first-order chi connectivity index (χ1) is 16.7. The maximum atomic E-state index is 13.6. The Morgan fingerprint density at radius 1 is 0.853 bits per heavy atom. The summed E-state index contributed by atoms with van der Waals surface area (Å²) < 4.78 is 13.3. The summed E-state index contributed by atoms with van der Waals surface area (Å²) in [5, 5.41) is 2.19. The van der Waals surface area contributed by atoms with Gasteiger partial charge < -0.3 is 9.80 Å². The predicted octanol–water partition coefficient (Wildman–Crippen LogP) is 5.96. The van der Waals surface area contributed by atoms with E-state index in [2.05, 4.69) is 28.0 Å². The Kier molecular flexibility index (Phi) is 5.86. The van der Waals surface area contributed by atoms with Crippen LogP contribution in [0.5, 0.6) is 0 Å². The highest BCUT2D eigenvalue weighted by atomic mass is 19.1. The summed E-state index contributed by atoms with van der Waals surface area (Å²) >= 11 is 0. The second-order valence-corrected chi connectivity index (χ2v) is 10.6.